The average molecular weight is 224 g/mol. The van der Waals surface area contributed by atoms with Gasteiger partial charge in [0.05, 0.1) is 19.3 Å². The van der Waals surface area contributed by atoms with Crippen LogP contribution in [-0.2, 0) is 17.5 Å². The highest BCUT2D eigenvalue weighted by atomic mass is 19.4. The number of rotatable bonds is 4. The van der Waals surface area contributed by atoms with Gasteiger partial charge in [0.25, 0.3) is 0 Å². The van der Waals surface area contributed by atoms with E-state index in [0.717, 1.165) is 10.7 Å². The normalized spacial score (nSPS) is 14.2. The van der Waals surface area contributed by atoms with E-state index in [4.69, 9.17) is 0 Å². The van der Waals surface area contributed by atoms with E-state index in [9.17, 15) is 18.3 Å². The number of aliphatic hydroxyl groups excluding tert-OH is 1. The third-order valence-corrected chi connectivity index (χ3v) is 1.69. The number of ether oxygens (including phenoxy) is 1. The van der Waals surface area contributed by atoms with E-state index in [0.29, 0.717) is 0 Å². The smallest absolute Gasteiger partial charge is 0.389 e. The van der Waals surface area contributed by atoms with E-state index in [1.807, 2.05) is 0 Å². The summed E-state index contributed by atoms with van der Waals surface area (Å²) in [5.41, 5.74) is -0.966. The molecule has 0 saturated heterocycles. The number of halogens is 3. The molecule has 0 fully saturated rings. The Morgan fingerprint density at radius 2 is 2.27 bits per heavy atom. The summed E-state index contributed by atoms with van der Waals surface area (Å²) in [6.45, 7) is 0.0329. The van der Waals surface area contributed by atoms with Crippen molar-refractivity contribution in [3.8, 4) is 0 Å². The zero-order valence-corrected chi connectivity index (χ0v) is 8.03. The van der Waals surface area contributed by atoms with Gasteiger partial charge in [0.1, 0.15) is 0 Å². The van der Waals surface area contributed by atoms with Crippen LogP contribution in [-0.4, -0.2) is 34.7 Å². The molecule has 0 bridgehead atoms. The van der Waals surface area contributed by atoms with E-state index in [1.165, 1.54) is 13.3 Å². The summed E-state index contributed by atoms with van der Waals surface area (Å²) < 4.78 is 42.0. The molecular weight excluding hydrogens is 213 g/mol. The first-order chi connectivity index (χ1) is 6.93. The molecule has 0 aliphatic carbocycles. The molecule has 1 heterocycles. The summed E-state index contributed by atoms with van der Waals surface area (Å²) in [4.78, 5) is 0. The second-order valence-corrected chi connectivity index (χ2v) is 3.03. The van der Waals surface area contributed by atoms with Gasteiger partial charge in [-0.2, -0.15) is 18.3 Å². The molecule has 0 saturated carbocycles. The standard InChI is InChI=1S/C8H11F3N2O2/c1-15-5-6(14)4-13-3-2-7(12-13)8(9,10)11/h2-3,6,14H,4-5H2,1H3. The molecule has 0 amide bonds. The van der Waals surface area contributed by atoms with Crippen LogP contribution < -0.4 is 0 Å². The van der Waals surface area contributed by atoms with Crippen molar-refractivity contribution in [2.75, 3.05) is 13.7 Å². The highest BCUT2D eigenvalue weighted by Crippen LogP contribution is 2.27. The maximum Gasteiger partial charge on any atom is 0.435 e. The lowest BCUT2D eigenvalue weighted by Gasteiger charge is -2.09. The van der Waals surface area contributed by atoms with Crippen LogP contribution in [0.25, 0.3) is 0 Å². The molecule has 1 rings (SSSR count). The number of aliphatic hydroxyl groups is 1. The monoisotopic (exact) mass is 224 g/mol. The number of nitrogens with zero attached hydrogens (tertiary/aromatic N) is 2. The van der Waals surface area contributed by atoms with Crippen LogP contribution in [0, 0.1) is 0 Å². The van der Waals surface area contributed by atoms with Crippen molar-refractivity contribution >= 4 is 0 Å². The van der Waals surface area contributed by atoms with E-state index in [2.05, 4.69) is 9.84 Å². The SMILES string of the molecule is COCC(O)Cn1ccc(C(F)(F)F)n1. The van der Waals surface area contributed by atoms with Gasteiger partial charge in [0.15, 0.2) is 5.69 Å². The summed E-state index contributed by atoms with van der Waals surface area (Å²) in [5.74, 6) is 0. The predicted octanol–water partition coefficient (Wildman–Crippen LogP) is 0.909. The minimum absolute atomic E-state index is 0.0239. The Bertz CT molecular complexity index is 311. The molecule has 7 heteroatoms. The zero-order chi connectivity index (χ0) is 11.5. The van der Waals surface area contributed by atoms with Crippen molar-refractivity contribution in [1.29, 1.82) is 0 Å². The fraction of sp³-hybridized carbons (Fsp3) is 0.625. The minimum atomic E-state index is -4.45. The van der Waals surface area contributed by atoms with E-state index in [-0.39, 0.29) is 13.2 Å². The van der Waals surface area contributed by atoms with Crippen LogP contribution in [0.1, 0.15) is 5.69 Å². The van der Waals surface area contributed by atoms with Crippen molar-refractivity contribution in [2.24, 2.45) is 0 Å². The molecule has 86 valence electrons. The molecule has 1 unspecified atom stereocenters. The fourth-order valence-corrected chi connectivity index (χ4v) is 1.08. The van der Waals surface area contributed by atoms with Gasteiger partial charge in [-0.05, 0) is 6.07 Å². The number of hydrogen-bond donors (Lipinski definition) is 1. The number of aromatic nitrogens is 2. The lowest BCUT2D eigenvalue weighted by molar-refractivity contribution is -0.141. The fourth-order valence-electron chi connectivity index (χ4n) is 1.08. The molecule has 1 aromatic heterocycles. The van der Waals surface area contributed by atoms with Gasteiger partial charge in [0.2, 0.25) is 0 Å². The van der Waals surface area contributed by atoms with Crippen LogP contribution in [0.2, 0.25) is 0 Å². The summed E-state index contributed by atoms with van der Waals surface area (Å²) >= 11 is 0. The molecule has 1 aromatic rings. The summed E-state index contributed by atoms with van der Waals surface area (Å²) in [6, 6.07) is 0.861. The van der Waals surface area contributed by atoms with Crippen molar-refractivity contribution in [3.05, 3.63) is 18.0 Å². The molecule has 1 atom stereocenters. The van der Waals surface area contributed by atoms with Crippen LogP contribution in [0.15, 0.2) is 12.3 Å². The van der Waals surface area contributed by atoms with Gasteiger partial charge < -0.3 is 9.84 Å². The molecule has 0 radical (unpaired) electrons. The summed E-state index contributed by atoms with van der Waals surface area (Å²) in [5, 5.41) is 12.5. The zero-order valence-electron chi connectivity index (χ0n) is 8.03. The number of hydrogen-bond acceptors (Lipinski definition) is 3. The Balaban J connectivity index is 2.61. The first-order valence-electron chi connectivity index (χ1n) is 4.21. The van der Waals surface area contributed by atoms with Crippen LogP contribution in [0.3, 0.4) is 0 Å². The Kier molecular flexibility index (Phi) is 3.70. The molecule has 0 spiro atoms. The first kappa shape index (κ1) is 12.0. The van der Waals surface area contributed by atoms with E-state index >= 15 is 0 Å². The summed E-state index contributed by atoms with van der Waals surface area (Å²) in [6.07, 6.45) is -4.14. The van der Waals surface area contributed by atoms with Crippen molar-refractivity contribution < 1.29 is 23.0 Å². The van der Waals surface area contributed by atoms with Crippen LogP contribution in [0.5, 0.6) is 0 Å². The van der Waals surface area contributed by atoms with Crippen LogP contribution in [0.4, 0.5) is 13.2 Å². The molecule has 0 aliphatic heterocycles. The molecular formula is C8H11F3N2O2. The van der Waals surface area contributed by atoms with Crippen molar-refractivity contribution in [2.45, 2.75) is 18.8 Å². The van der Waals surface area contributed by atoms with E-state index < -0.39 is 18.0 Å². The Labute approximate surface area is 84.3 Å². The highest BCUT2D eigenvalue weighted by Gasteiger charge is 2.33. The average Bonchev–Trinajstić information content (AvgIpc) is 2.52. The molecule has 4 nitrogen and oxygen atoms in total. The summed E-state index contributed by atoms with van der Waals surface area (Å²) in [7, 11) is 1.40. The predicted molar refractivity (Wildman–Crippen MR) is 45.1 cm³/mol. The van der Waals surface area contributed by atoms with Crippen LogP contribution >= 0.6 is 0 Å². The molecule has 1 N–H and O–H groups in total. The van der Waals surface area contributed by atoms with Gasteiger partial charge >= 0.3 is 6.18 Å². The lowest BCUT2D eigenvalue weighted by atomic mass is 10.4. The topological polar surface area (TPSA) is 47.3 Å². The Morgan fingerprint density at radius 3 is 2.73 bits per heavy atom. The van der Waals surface area contributed by atoms with Gasteiger partial charge in [-0.1, -0.05) is 0 Å². The molecule has 0 aromatic carbocycles. The first-order valence-corrected chi connectivity index (χ1v) is 4.21. The van der Waals surface area contributed by atoms with Gasteiger partial charge in [0, 0.05) is 13.3 Å². The maximum atomic E-state index is 12.1. The third-order valence-electron chi connectivity index (χ3n) is 1.69. The van der Waals surface area contributed by atoms with Gasteiger partial charge in [-0.25, -0.2) is 0 Å². The number of methoxy groups -OCH3 is 1. The van der Waals surface area contributed by atoms with Gasteiger partial charge in [-0.15, -0.1) is 0 Å². The second-order valence-electron chi connectivity index (χ2n) is 3.03. The van der Waals surface area contributed by atoms with Crippen molar-refractivity contribution in [3.63, 3.8) is 0 Å². The van der Waals surface area contributed by atoms with Crippen molar-refractivity contribution in [1.82, 2.24) is 9.78 Å². The Morgan fingerprint density at radius 1 is 1.60 bits per heavy atom. The van der Waals surface area contributed by atoms with E-state index in [1.54, 1.807) is 0 Å². The minimum Gasteiger partial charge on any atom is -0.389 e. The molecule has 0 aliphatic rings. The quantitative estimate of drug-likeness (QED) is 0.826. The highest BCUT2D eigenvalue weighted by molar-refractivity contribution is 5.03. The Hall–Kier alpha value is -1.08. The molecule has 15 heavy (non-hydrogen) atoms. The van der Waals surface area contributed by atoms with Gasteiger partial charge in [-0.3, -0.25) is 4.68 Å². The largest absolute Gasteiger partial charge is 0.435 e. The maximum absolute atomic E-state index is 12.1. The number of alkyl halides is 3. The third kappa shape index (κ3) is 3.52. The second kappa shape index (κ2) is 4.63. The lowest BCUT2D eigenvalue weighted by Crippen LogP contribution is -2.21.